The second kappa shape index (κ2) is 7.31. The zero-order valence-corrected chi connectivity index (χ0v) is 12.9. The number of nitrogens with one attached hydrogen (secondary N) is 2. The van der Waals surface area contributed by atoms with Gasteiger partial charge in [-0.15, -0.1) is 0 Å². The molecule has 1 aromatic carbocycles. The first kappa shape index (κ1) is 15.6. The maximum atomic E-state index is 11.2. The number of carbonyl (C=O) groups is 1. The van der Waals surface area contributed by atoms with E-state index < -0.39 is 0 Å². The van der Waals surface area contributed by atoms with E-state index in [2.05, 4.69) is 23.6 Å². The Kier molecular flexibility index (Phi) is 5.44. The molecule has 0 spiro atoms. The first-order chi connectivity index (χ1) is 10.1. The molecule has 1 heterocycles. The fraction of sp³-hybridized carbons (Fsp3) is 0.562. The highest BCUT2D eigenvalue weighted by atomic mass is 16.5. The molecule has 0 aromatic heterocycles. The minimum Gasteiger partial charge on any atom is -0.493 e. The summed E-state index contributed by atoms with van der Waals surface area (Å²) in [6.07, 6.45) is 2.42. The first-order valence-electron chi connectivity index (χ1n) is 7.36. The molecule has 1 fully saturated rings. The molecule has 2 rings (SSSR count). The van der Waals surface area contributed by atoms with Crippen molar-refractivity contribution in [3.8, 4) is 11.5 Å². The number of piperidine rings is 1. The summed E-state index contributed by atoms with van der Waals surface area (Å²) < 4.78 is 10.6. The van der Waals surface area contributed by atoms with Crippen molar-refractivity contribution in [2.45, 2.75) is 38.3 Å². The van der Waals surface area contributed by atoms with Gasteiger partial charge in [0.15, 0.2) is 11.5 Å². The third-order valence-corrected chi connectivity index (χ3v) is 3.78. The number of carbonyl (C=O) groups excluding carboxylic acids is 1. The normalized spacial score (nSPS) is 19.8. The molecule has 1 aromatic rings. The highest BCUT2D eigenvalue weighted by Crippen LogP contribution is 2.28. The van der Waals surface area contributed by atoms with Crippen LogP contribution >= 0.6 is 0 Å². The molecule has 116 valence electrons. The van der Waals surface area contributed by atoms with Crippen molar-refractivity contribution in [1.82, 2.24) is 10.6 Å². The molecule has 0 radical (unpaired) electrons. The maximum Gasteiger partial charge on any atom is 0.220 e. The van der Waals surface area contributed by atoms with E-state index in [1.54, 1.807) is 14.2 Å². The maximum absolute atomic E-state index is 11.2. The fourth-order valence-electron chi connectivity index (χ4n) is 2.70. The lowest BCUT2D eigenvalue weighted by atomic mass is 10.0. The minimum absolute atomic E-state index is 0.153. The third-order valence-electron chi connectivity index (χ3n) is 3.78. The largest absolute Gasteiger partial charge is 0.493 e. The lowest BCUT2D eigenvalue weighted by Crippen LogP contribution is -2.48. The Labute approximate surface area is 126 Å². The Morgan fingerprint density at radius 1 is 1.33 bits per heavy atom. The van der Waals surface area contributed by atoms with Crippen LogP contribution in [0.15, 0.2) is 18.2 Å². The molecule has 2 N–H and O–H groups in total. The quantitative estimate of drug-likeness (QED) is 0.834. The van der Waals surface area contributed by atoms with E-state index >= 15 is 0 Å². The predicted molar refractivity (Wildman–Crippen MR) is 81.9 cm³/mol. The summed E-state index contributed by atoms with van der Waals surface area (Å²) in [4.78, 5) is 11.2. The van der Waals surface area contributed by atoms with E-state index in [0.29, 0.717) is 18.5 Å². The topological polar surface area (TPSA) is 59.6 Å². The summed E-state index contributed by atoms with van der Waals surface area (Å²) in [5, 5.41) is 6.46. The van der Waals surface area contributed by atoms with Crippen LogP contribution in [0.4, 0.5) is 0 Å². The molecule has 1 saturated heterocycles. The Bertz CT molecular complexity index is 480. The average Bonchev–Trinajstić information content (AvgIpc) is 2.49. The predicted octanol–water partition coefficient (Wildman–Crippen LogP) is 1.50. The lowest BCUT2D eigenvalue weighted by molar-refractivity contribution is -0.122. The molecule has 0 aliphatic carbocycles. The van der Waals surface area contributed by atoms with Gasteiger partial charge in [0, 0.05) is 25.0 Å². The summed E-state index contributed by atoms with van der Waals surface area (Å²) >= 11 is 0. The number of ether oxygens (including phenoxy) is 2. The van der Waals surface area contributed by atoms with Gasteiger partial charge < -0.3 is 20.1 Å². The van der Waals surface area contributed by atoms with Crippen LogP contribution in [0.3, 0.4) is 0 Å². The van der Waals surface area contributed by atoms with Crippen LogP contribution in [-0.4, -0.2) is 38.8 Å². The smallest absolute Gasteiger partial charge is 0.220 e. The van der Waals surface area contributed by atoms with Crippen LogP contribution in [-0.2, 0) is 11.2 Å². The van der Waals surface area contributed by atoms with E-state index in [9.17, 15) is 4.79 Å². The standard InChI is InChI=1S/C16H24N2O3/c1-11(18-13-5-7-16(19)17-10-13)8-12-4-6-14(20-2)15(9-12)21-3/h4,6,9,11,13,18H,5,7-8,10H2,1-3H3,(H,17,19). The Morgan fingerprint density at radius 2 is 2.10 bits per heavy atom. The molecule has 1 amide bonds. The molecule has 0 bridgehead atoms. The Balaban J connectivity index is 1.90. The number of methoxy groups -OCH3 is 2. The van der Waals surface area contributed by atoms with Gasteiger partial charge in [-0.3, -0.25) is 4.79 Å². The van der Waals surface area contributed by atoms with Crippen molar-refractivity contribution in [1.29, 1.82) is 0 Å². The molecule has 2 unspecified atom stereocenters. The van der Waals surface area contributed by atoms with Crippen molar-refractivity contribution in [3.05, 3.63) is 23.8 Å². The zero-order valence-electron chi connectivity index (χ0n) is 12.9. The Morgan fingerprint density at radius 3 is 2.71 bits per heavy atom. The van der Waals surface area contributed by atoms with Crippen LogP contribution in [0, 0.1) is 0 Å². The molecule has 0 saturated carbocycles. The van der Waals surface area contributed by atoms with Gasteiger partial charge in [0.05, 0.1) is 14.2 Å². The van der Waals surface area contributed by atoms with Crippen LogP contribution in [0.25, 0.3) is 0 Å². The number of hydrogen-bond donors (Lipinski definition) is 2. The van der Waals surface area contributed by atoms with Crippen molar-refractivity contribution < 1.29 is 14.3 Å². The molecule has 5 nitrogen and oxygen atoms in total. The number of benzene rings is 1. The van der Waals surface area contributed by atoms with Gasteiger partial charge in [0.25, 0.3) is 0 Å². The van der Waals surface area contributed by atoms with Gasteiger partial charge in [-0.2, -0.15) is 0 Å². The van der Waals surface area contributed by atoms with E-state index in [1.807, 2.05) is 12.1 Å². The van der Waals surface area contributed by atoms with Crippen LogP contribution in [0.2, 0.25) is 0 Å². The average molecular weight is 292 g/mol. The van der Waals surface area contributed by atoms with Gasteiger partial charge in [0.2, 0.25) is 5.91 Å². The Hall–Kier alpha value is -1.75. The van der Waals surface area contributed by atoms with Crippen LogP contribution in [0.1, 0.15) is 25.3 Å². The van der Waals surface area contributed by atoms with Crippen LogP contribution < -0.4 is 20.1 Å². The fourth-order valence-corrected chi connectivity index (χ4v) is 2.70. The van der Waals surface area contributed by atoms with Crippen LogP contribution in [0.5, 0.6) is 11.5 Å². The molecule has 1 aliphatic rings. The molecule has 21 heavy (non-hydrogen) atoms. The SMILES string of the molecule is COc1ccc(CC(C)NC2CCC(=O)NC2)cc1OC. The molecular weight excluding hydrogens is 268 g/mol. The third kappa shape index (κ3) is 4.36. The zero-order chi connectivity index (χ0) is 15.2. The number of hydrogen-bond acceptors (Lipinski definition) is 4. The molecular formula is C16H24N2O3. The second-order valence-corrected chi connectivity index (χ2v) is 5.50. The van der Waals surface area contributed by atoms with Gasteiger partial charge in [0.1, 0.15) is 0 Å². The summed E-state index contributed by atoms with van der Waals surface area (Å²) in [5.41, 5.74) is 1.20. The number of rotatable bonds is 6. The summed E-state index contributed by atoms with van der Waals surface area (Å²) in [6, 6.07) is 6.70. The second-order valence-electron chi connectivity index (χ2n) is 5.50. The van der Waals surface area contributed by atoms with Gasteiger partial charge in [-0.05, 0) is 37.5 Å². The first-order valence-corrected chi connectivity index (χ1v) is 7.36. The van der Waals surface area contributed by atoms with E-state index in [4.69, 9.17) is 9.47 Å². The highest BCUT2D eigenvalue weighted by Gasteiger charge is 2.19. The number of amides is 1. The van der Waals surface area contributed by atoms with Gasteiger partial charge in [-0.1, -0.05) is 6.07 Å². The van der Waals surface area contributed by atoms with Gasteiger partial charge in [-0.25, -0.2) is 0 Å². The highest BCUT2D eigenvalue weighted by molar-refractivity contribution is 5.76. The van der Waals surface area contributed by atoms with E-state index in [0.717, 1.165) is 30.9 Å². The molecule has 1 aliphatic heterocycles. The van der Waals surface area contributed by atoms with Crippen molar-refractivity contribution in [2.75, 3.05) is 20.8 Å². The molecule has 5 heteroatoms. The van der Waals surface area contributed by atoms with Crippen molar-refractivity contribution in [2.24, 2.45) is 0 Å². The summed E-state index contributed by atoms with van der Waals surface area (Å²) in [6.45, 7) is 2.88. The molecule has 2 atom stereocenters. The van der Waals surface area contributed by atoms with Crippen molar-refractivity contribution in [3.63, 3.8) is 0 Å². The monoisotopic (exact) mass is 292 g/mol. The summed E-state index contributed by atoms with van der Waals surface area (Å²) in [5.74, 6) is 1.66. The van der Waals surface area contributed by atoms with E-state index in [1.165, 1.54) is 5.56 Å². The van der Waals surface area contributed by atoms with E-state index in [-0.39, 0.29) is 5.91 Å². The van der Waals surface area contributed by atoms with Gasteiger partial charge >= 0.3 is 0 Å². The lowest BCUT2D eigenvalue weighted by Gasteiger charge is -2.27. The minimum atomic E-state index is 0.153. The van der Waals surface area contributed by atoms with Crippen molar-refractivity contribution >= 4 is 5.91 Å². The summed E-state index contributed by atoms with van der Waals surface area (Å²) in [7, 11) is 3.28.